The molecule has 1 saturated carbocycles. The summed E-state index contributed by atoms with van der Waals surface area (Å²) in [5.74, 6) is 0.950. The Balaban J connectivity index is 1.90. The molecule has 1 aliphatic carbocycles. The molecule has 0 spiro atoms. The van der Waals surface area contributed by atoms with E-state index in [4.69, 9.17) is 5.73 Å². The molecule has 1 fully saturated rings. The largest absolute Gasteiger partial charge is 0.349 e. The van der Waals surface area contributed by atoms with Crippen LogP contribution < -0.4 is 11.1 Å². The van der Waals surface area contributed by atoms with E-state index >= 15 is 0 Å². The van der Waals surface area contributed by atoms with Gasteiger partial charge in [-0.3, -0.25) is 4.79 Å². The van der Waals surface area contributed by atoms with Gasteiger partial charge in [0.05, 0.1) is 6.04 Å². The van der Waals surface area contributed by atoms with E-state index in [0.29, 0.717) is 5.92 Å². The van der Waals surface area contributed by atoms with Crippen LogP contribution in [-0.4, -0.2) is 12.5 Å². The van der Waals surface area contributed by atoms with Gasteiger partial charge in [-0.1, -0.05) is 34.1 Å². The first-order chi connectivity index (χ1) is 9.61. The van der Waals surface area contributed by atoms with Gasteiger partial charge >= 0.3 is 0 Å². The molecule has 3 N–H and O–H groups in total. The number of carbonyl (C=O) groups excluding carboxylic acids is 1. The molecular weight excluding hydrogens is 316 g/mol. The summed E-state index contributed by atoms with van der Waals surface area (Å²) in [5, 5.41) is 3.14. The first-order valence-electron chi connectivity index (χ1n) is 7.36. The fraction of sp³-hybridized carbons (Fsp3) is 0.562. The van der Waals surface area contributed by atoms with Crippen molar-refractivity contribution >= 4 is 21.8 Å². The van der Waals surface area contributed by atoms with Gasteiger partial charge in [0, 0.05) is 10.4 Å². The van der Waals surface area contributed by atoms with Crippen molar-refractivity contribution < 1.29 is 4.79 Å². The third-order valence-electron chi connectivity index (χ3n) is 4.28. The van der Waals surface area contributed by atoms with Gasteiger partial charge in [0.15, 0.2) is 0 Å². The van der Waals surface area contributed by atoms with Gasteiger partial charge in [0.1, 0.15) is 0 Å². The lowest BCUT2D eigenvalue weighted by Crippen LogP contribution is -2.35. The van der Waals surface area contributed by atoms with Crippen LogP contribution in [0, 0.1) is 11.8 Å². The summed E-state index contributed by atoms with van der Waals surface area (Å²) in [6.07, 6.45) is 4.10. The molecule has 0 aliphatic heterocycles. The van der Waals surface area contributed by atoms with Gasteiger partial charge in [-0.15, -0.1) is 0 Å². The molecule has 0 saturated heterocycles. The molecule has 1 aromatic rings. The molecular formula is C16H23BrN2O. The smallest absolute Gasteiger partial charge is 0.223 e. The summed E-state index contributed by atoms with van der Waals surface area (Å²) in [6, 6.07) is 8.06. The van der Waals surface area contributed by atoms with Crippen LogP contribution in [-0.2, 0) is 4.79 Å². The number of amides is 1. The SMILES string of the molecule is C[C@H](NC(=O)C1CCC(CN)CC1)c1ccccc1Br. The molecule has 0 unspecified atom stereocenters. The molecule has 3 nitrogen and oxygen atoms in total. The van der Waals surface area contributed by atoms with Crippen molar-refractivity contribution in [3.05, 3.63) is 34.3 Å². The Morgan fingerprint density at radius 1 is 1.35 bits per heavy atom. The molecule has 0 radical (unpaired) electrons. The monoisotopic (exact) mass is 338 g/mol. The molecule has 4 heteroatoms. The average Bonchev–Trinajstić information content (AvgIpc) is 2.47. The normalized spacial score (nSPS) is 24.1. The topological polar surface area (TPSA) is 55.1 Å². The molecule has 20 heavy (non-hydrogen) atoms. The second-order valence-electron chi connectivity index (χ2n) is 5.71. The van der Waals surface area contributed by atoms with Crippen LogP contribution in [0.2, 0.25) is 0 Å². The fourth-order valence-corrected chi connectivity index (χ4v) is 3.52. The number of nitrogens with two attached hydrogens (primary N) is 1. The molecule has 2 rings (SSSR count). The lowest BCUT2D eigenvalue weighted by molar-refractivity contribution is -0.126. The minimum atomic E-state index is 0.0327. The van der Waals surface area contributed by atoms with E-state index in [2.05, 4.69) is 21.2 Å². The van der Waals surface area contributed by atoms with Crippen molar-refractivity contribution in [3.8, 4) is 0 Å². The van der Waals surface area contributed by atoms with Crippen LogP contribution in [0.3, 0.4) is 0 Å². The van der Waals surface area contributed by atoms with E-state index in [-0.39, 0.29) is 17.9 Å². The van der Waals surface area contributed by atoms with Crippen LogP contribution in [0.4, 0.5) is 0 Å². The van der Waals surface area contributed by atoms with Crippen molar-refractivity contribution in [1.82, 2.24) is 5.32 Å². The van der Waals surface area contributed by atoms with Gasteiger partial charge in [0.2, 0.25) is 5.91 Å². The number of rotatable bonds is 4. The molecule has 0 heterocycles. The lowest BCUT2D eigenvalue weighted by Gasteiger charge is -2.28. The van der Waals surface area contributed by atoms with Gasteiger partial charge in [-0.2, -0.15) is 0 Å². The number of hydrogen-bond acceptors (Lipinski definition) is 2. The molecule has 110 valence electrons. The van der Waals surface area contributed by atoms with Gasteiger partial charge in [-0.05, 0) is 56.7 Å². The lowest BCUT2D eigenvalue weighted by atomic mass is 9.81. The summed E-state index contributed by atoms with van der Waals surface area (Å²) < 4.78 is 1.04. The number of carbonyl (C=O) groups is 1. The minimum Gasteiger partial charge on any atom is -0.349 e. The zero-order valence-corrected chi connectivity index (χ0v) is 13.5. The predicted molar refractivity (Wildman–Crippen MR) is 85.2 cm³/mol. The average molecular weight is 339 g/mol. The molecule has 1 amide bonds. The molecule has 1 aliphatic rings. The van der Waals surface area contributed by atoms with Gasteiger partial charge in [0.25, 0.3) is 0 Å². The first kappa shape index (κ1) is 15.5. The Labute approximate surface area is 129 Å². The van der Waals surface area contributed by atoms with Crippen molar-refractivity contribution in [1.29, 1.82) is 0 Å². The molecule has 0 aromatic heterocycles. The van der Waals surface area contributed by atoms with E-state index in [9.17, 15) is 4.79 Å². The number of hydrogen-bond donors (Lipinski definition) is 2. The Hall–Kier alpha value is -0.870. The van der Waals surface area contributed by atoms with Crippen LogP contribution >= 0.6 is 15.9 Å². The maximum Gasteiger partial charge on any atom is 0.223 e. The summed E-state index contributed by atoms with van der Waals surface area (Å²) in [7, 11) is 0. The number of halogens is 1. The van der Waals surface area contributed by atoms with Crippen molar-refractivity contribution in [2.75, 3.05) is 6.54 Å². The molecule has 1 aromatic carbocycles. The van der Waals surface area contributed by atoms with E-state index in [1.54, 1.807) is 0 Å². The highest BCUT2D eigenvalue weighted by Gasteiger charge is 2.26. The summed E-state index contributed by atoms with van der Waals surface area (Å²) >= 11 is 3.53. The van der Waals surface area contributed by atoms with Gasteiger partial charge in [-0.25, -0.2) is 0 Å². The Bertz CT molecular complexity index is 456. The van der Waals surface area contributed by atoms with Crippen LogP contribution in [0.15, 0.2) is 28.7 Å². The highest BCUT2D eigenvalue weighted by molar-refractivity contribution is 9.10. The van der Waals surface area contributed by atoms with Gasteiger partial charge < -0.3 is 11.1 Å². The zero-order valence-electron chi connectivity index (χ0n) is 11.9. The molecule has 1 atom stereocenters. The minimum absolute atomic E-state index is 0.0327. The Kier molecular flexibility index (Phi) is 5.61. The van der Waals surface area contributed by atoms with Crippen LogP contribution in [0.25, 0.3) is 0 Å². The van der Waals surface area contributed by atoms with Crippen molar-refractivity contribution in [3.63, 3.8) is 0 Å². The van der Waals surface area contributed by atoms with E-state index < -0.39 is 0 Å². The van der Waals surface area contributed by atoms with E-state index in [1.165, 1.54) is 0 Å². The van der Waals surface area contributed by atoms with Crippen molar-refractivity contribution in [2.24, 2.45) is 17.6 Å². The maximum atomic E-state index is 12.3. The number of benzene rings is 1. The highest BCUT2D eigenvalue weighted by atomic mass is 79.9. The van der Waals surface area contributed by atoms with E-state index in [1.807, 2.05) is 31.2 Å². The second kappa shape index (κ2) is 7.23. The summed E-state index contributed by atoms with van der Waals surface area (Å²) in [4.78, 5) is 12.3. The Morgan fingerprint density at radius 3 is 2.60 bits per heavy atom. The molecule has 0 bridgehead atoms. The van der Waals surface area contributed by atoms with E-state index in [0.717, 1.165) is 42.3 Å². The predicted octanol–water partition coefficient (Wildman–Crippen LogP) is 3.39. The Morgan fingerprint density at radius 2 is 2.00 bits per heavy atom. The zero-order chi connectivity index (χ0) is 14.5. The third kappa shape index (κ3) is 3.83. The fourth-order valence-electron chi connectivity index (χ4n) is 2.90. The third-order valence-corrected chi connectivity index (χ3v) is 5.00. The maximum absolute atomic E-state index is 12.3. The van der Waals surface area contributed by atoms with Crippen molar-refractivity contribution in [2.45, 2.75) is 38.6 Å². The van der Waals surface area contributed by atoms with Crippen LogP contribution in [0.5, 0.6) is 0 Å². The summed E-state index contributed by atoms with van der Waals surface area (Å²) in [6.45, 7) is 2.78. The van der Waals surface area contributed by atoms with Crippen LogP contribution in [0.1, 0.15) is 44.2 Å². The second-order valence-corrected chi connectivity index (χ2v) is 6.56. The summed E-state index contributed by atoms with van der Waals surface area (Å²) in [5.41, 5.74) is 6.81. The first-order valence-corrected chi connectivity index (χ1v) is 8.16. The standard InChI is InChI=1S/C16H23BrN2O/c1-11(14-4-2-3-5-15(14)17)19-16(20)13-8-6-12(10-18)7-9-13/h2-5,11-13H,6-10,18H2,1H3,(H,19,20)/t11-,12?,13?/m0/s1. The highest BCUT2D eigenvalue weighted by Crippen LogP contribution is 2.29. The quantitative estimate of drug-likeness (QED) is 0.883. The number of nitrogens with one attached hydrogen (secondary N) is 1.